The van der Waals surface area contributed by atoms with E-state index in [2.05, 4.69) is 27.9 Å². The standard InChI is InChI=1S/C12H19N3OS/c1-3-11-14-10(7-17-11)6-13-8(2)12(16)15-9-4-5-9/h7-9,13H,3-6H2,1-2H3,(H,15,16). The Bertz CT molecular complexity index is 387. The summed E-state index contributed by atoms with van der Waals surface area (Å²) in [6.45, 7) is 4.66. The lowest BCUT2D eigenvalue weighted by atomic mass is 10.3. The minimum atomic E-state index is -0.151. The molecule has 1 fully saturated rings. The monoisotopic (exact) mass is 253 g/mol. The molecule has 0 saturated heterocycles. The van der Waals surface area contributed by atoms with Gasteiger partial charge in [-0.15, -0.1) is 11.3 Å². The lowest BCUT2D eigenvalue weighted by Gasteiger charge is -2.12. The fraction of sp³-hybridized carbons (Fsp3) is 0.667. The van der Waals surface area contributed by atoms with Gasteiger partial charge in [0.25, 0.3) is 0 Å². The van der Waals surface area contributed by atoms with Crippen LogP contribution in [-0.2, 0) is 17.8 Å². The van der Waals surface area contributed by atoms with Crippen molar-refractivity contribution in [2.75, 3.05) is 0 Å². The average molecular weight is 253 g/mol. The van der Waals surface area contributed by atoms with Crippen molar-refractivity contribution in [3.05, 3.63) is 16.1 Å². The predicted octanol–water partition coefficient (Wildman–Crippen LogP) is 1.46. The van der Waals surface area contributed by atoms with E-state index in [1.54, 1.807) is 11.3 Å². The second-order valence-electron chi connectivity index (χ2n) is 4.47. The Balaban J connectivity index is 1.74. The molecule has 1 amide bonds. The highest BCUT2D eigenvalue weighted by Gasteiger charge is 2.25. The smallest absolute Gasteiger partial charge is 0.237 e. The van der Waals surface area contributed by atoms with Crippen molar-refractivity contribution in [2.45, 2.75) is 51.7 Å². The number of thiazole rings is 1. The molecule has 1 aliphatic carbocycles. The summed E-state index contributed by atoms with van der Waals surface area (Å²) in [5.41, 5.74) is 1.03. The zero-order chi connectivity index (χ0) is 12.3. The first-order chi connectivity index (χ1) is 8.19. The maximum atomic E-state index is 11.7. The predicted molar refractivity (Wildman–Crippen MR) is 69.0 cm³/mol. The fourth-order valence-electron chi connectivity index (χ4n) is 1.50. The van der Waals surface area contributed by atoms with Gasteiger partial charge in [-0.3, -0.25) is 4.79 Å². The number of amides is 1. The molecule has 2 N–H and O–H groups in total. The zero-order valence-electron chi connectivity index (χ0n) is 10.3. The molecule has 1 aliphatic rings. The van der Waals surface area contributed by atoms with Gasteiger partial charge in [-0.05, 0) is 26.2 Å². The van der Waals surface area contributed by atoms with Gasteiger partial charge < -0.3 is 10.6 Å². The minimum absolute atomic E-state index is 0.0958. The number of hydrogen-bond donors (Lipinski definition) is 2. The van der Waals surface area contributed by atoms with E-state index in [-0.39, 0.29) is 11.9 Å². The minimum Gasteiger partial charge on any atom is -0.352 e. The Labute approximate surface area is 106 Å². The van der Waals surface area contributed by atoms with Gasteiger partial charge in [-0.25, -0.2) is 4.98 Å². The first-order valence-electron chi connectivity index (χ1n) is 6.16. The molecule has 4 nitrogen and oxygen atoms in total. The van der Waals surface area contributed by atoms with Crippen molar-refractivity contribution >= 4 is 17.2 Å². The number of carbonyl (C=O) groups excluding carboxylic acids is 1. The van der Waals surface area contributed by atoms with Crippen molar-refractivity contribution in [1.29, 1.82) is 0 Å². The van der Waals surface area contributed by atoms with Crippen molar-refractivity contribution in [3.8, 4) is 0 Å². The SMILES string of the molecule is CCc1nc(CNC(C)C(=O)NC2CC2)cs1. The summed E-state index contributed by atoms with van der Waals surface area (Å²) in [7, 11) is 0. The van der Waals surface area contributed by atoms with E-state index < -0.39 is 0 Å². The molecule has 0 radical (unpaired) electrons. The summed E-state index contributed by atoms with van der Waals surface area (Å²) in [5, 5.41) is 9.39. The average Bonchev–Trinajstić information content (AvgIpc) is 3.02. The van der Waals surface area contributed by atoms with E-state index in [0.29, 0.717) is 12.6 Å². The molecular formula is C12H19N3OS. The molecule has 1 aromatic rings. The van der Waals surface area contributed by atoms with Crippen LogP contribution in [0.4, 0.5) is 0 Å². The van der Waals surface area contributed by atoms with Gasteiger partial charge in [0.15, 0.2) is 0 Å². The van der Waals surface area contributed by atoms with E-state index in [9.17, 15) is 4.79 Å². The number of aromatic nitrogens is 1. The quantitative estimate of drug-likeness (QED) is 0.807. The van der Waals surface area contributed by atoms with Crippen LogP contribution in [0.3, 0.4) is 0 Å². The summed E-state index contributed by atoms with van der Waals surface area (Å²) in [6.07, 6.45) is 3.23. The maximum Gasteiger partial charge on any atom is 0.237 e. The normalized spacial score (nSPS) is 16.8. The second-order valence-corrected chi connectivity index (χ2v) is 5.41. The van der Waals surface area contributed by atoms with Gasteiger partial charge in [0, 0.05) is 18.0 Å². The van der Waals surface area contributed by atoms with E-state index in [1.807, 2.05) is 6.92 Å². The van der Waals surface area contributed by atoms with Gasteiger partial charge in [0.2, 0.25) is 5.91 Å². The van der Waals surface area contributed by atoms with Crippen molar-refractivity contribution < 1.29 is 4.79 Å². The highest BCUT2D eigenvalue weighted by Crippen LogP contribution is 2.18. The fourth-order valence-corrected chi connectivity index (χ4v) is 2.24. The Morgan fingerprint density at radius 1 is 1.65 bits per heavy atom. The number of aryl methyl sites for hydroxylation is 1. The topological polar surface area (TPSA) is 54.0 Å². The Kier molecular flexibility index (Phi) is 4.12. The Morgan fingerprint density at radius 3 is 3.00 bits per heavy atom. The van der Waals surface area contributed by atoms with Crippen LogP contribution >= 0.6 is 11.3 Å². The molecule has 0 spiro atoms. The number of rotatable bonds is 6. The molecule has 0 aliphatic heterocycles. The lowest BCUT2D eigenvalue weighted by molar-refractivity contribution is -0.122. The van der Waals surface area contributed by atoms with Gasteiger partial charge >= 0.3 is 0 Å². The van der Waals surface area contributed by atoms with Crippen LogP contribution in [-0.4, -0.2) is 23.0 Å². The molecule has 0 bridgehead atoms. The largest absolute Gasteiger partial charge is 0.352 e. The molecule has 1 aromatic heterocycles. The summed E-state index contributed by atoms with van der Waals surface area (Å²) < 4.78 is 0. The first-order valence-corrected chi connectivity index (χ1v) is 7.04. The van der Waals surface area contributed by atoms with Crippen LogP contribution in [0.25, 0.3) is 0 Å². The number of nitrogens with one attached hydrogen (secondary N) is 2. The molecule has 5 heteroatoms. The van der Waals surface area contributed by atoms with Crippen LogP contribution in [0.1, 0.15) is 37.4 Å². The van der Waals surface area contributed by atoms with Crippen LogP contribution in [0.15, 0.2) is 5.38 Å². The lowest BCUT2D eigenvalue weighted by Crippen LogP contribution is -2.42. The molecule has 2 rings (SSSR count). The molecular weight excluding hydrogens is 234 g/mol. The highest BCUT2D eigenvalue weighted by molar-refractivity contribution is 7.09. The van der Waals surface area contributed by atoms with Crippen LogP contribution in [0.5, 0.6) is 0 Å². The number of nitrogens with zero attached hydrogens (tertiary/aromatic N) is 1. The highest BCUT2D eigenvalue weighted by atomic mass is 32.1. The van der Waals surface area contributed by atoms with Crippen LogP contribution in [0.2, 0.25) is 0 Å². The third-order valence-electron chi connectivity index (χ3n) is 2.81. The summed E-state index contributed by atoms with van der Waals surface area (Å²) in [4.78, 5) is 16.1. The van der Waals surface area contributed by atoms with Crippen LogP contribution in [0, 0.1) is 0 Å². The Hall–Kier alpha value is -0.940. The van der Waals surface area contributed by atoms with Gasteiger partial charge in [0.05, 0.1) is 16.7 Å². The molecule has 1 saturated carbocycles. The number of hydrogen-bond acceptors (Lipinski definition) is 4. The van der Waals surface area contributed by atoms with Crippen molar-refractivity contribution in [1.82, 2.24) is 15.6 Å². The molecule has 17 heavy (non-hydrogen) atoms. The Morgan fingerprint density at radius 2 is 2.41 bits per heavy atom. The zero-order valence-corrected chi connectivity index (χ0v) is 11.1. The van der Waals surface area contributed by atoms with E-state index >= 15 is 0 Å². The number of carbonyl (C=O) groups is 1. The third kappa shape index (κ3) is 3.78. The first kappa shape index (κ1) is 12.5. The third-order valence-corrected chi connectivity index (χ3v) is 3.85. The van der Waals surface area contributed by atoms with Crippen molar-refractivity contribution in [2.24, 2.45) is 0 Å². The van der Waals surface area contributed by atoms with Crippen LogP contribution < -0.4 is 10.6 Å². The molecule has 1 heterocycles. The maximum absolute atomic E-state index is 11.7. The molecule has 1 unspecified atom stereocenters. The van der Waals surface area contributed by atoms with E-state index in [0.717, 1.165) is 30.0 Å². The van der Waals surface area contributed by atoms with Gasteiger partial charge in [0.1, 0.15) is 0 Å². The summed E-state index contributed by atoms with van der Waals surface area (Å²) in [6, 6.07) is 0.278. The van der Waals surface area contributed by atoms with Gasteiger partial charge in [-0.1, -0.05) is 6.92 Å². The molecule has 1 atom stereocenters. The molecule has 94 valence electrons. The molecule has 0 aromatic carbocycles. The van der Waals surface area contributed by atoms with E-state index in [1.165, 1.54) is 0 Å². The van der Waals surface area contributed by atoms with Crippen molar-refractivity contribution in [3.63, 3.8) is 0 Å². The second kappa shape index (κ2) is 5.60. The summed E-state index contributed by atoms with van der Waals surface area (Å²) in [5.74, 6) is 0.0958. The summed E-state index contributed by atoms with van der Waals surface area (Å²) >= 11 is 1.68. The van der Waals surface area contributed by atoms with Gasteiger partial charge in [-0.2, -0.15) is 0 Å². The van der Waals surface area contributed by atoms with E-state index in [4.69, 9.17) is 0 Å².